The van der Waals surface area contributed by atoms with E-state index in [1.54, 1.807) is 24.3 Å². The summed E-state index contributed by atoms with van der Waals surface area (Å²) in [5.74, 6) is 0.189. The number of hydrogen-bond donors (Lipinski definition) is 2. The van der Waals surface area contributed by atoms with E-state index in [4.69, 9.17) is 11.6 Å². The van der Waals surface area contributed by atoms with E-state index in [1.807, 2.05) is 0 Å². The molecule has 2 aromatic rings. The van der Waals surface area contributed by atoms with Crippen molar-refractivity contribution < 1.29 is 18.6 Å². The summed E-state index contributed by atoms with van der Waals surface area (Å²) in [4.78, 5) is 0. The van der Waals surface area contributed by atoms with Gasteiger partial charge in [-0.25, -0.2) is 0 Å². The molecular weight excluding hydrogens is 300 g/mol. The van der Waals surface area contributed by atoms with Crippen LogP contribution < -0.4 is 10.1 Å². The molecule has 0 aromatic heterocycles. The Kier molecular flexibility index (Phi) is 5.36. The van der Waals surface area contributed by atoms with E-state index in [9.17, 15) is 13.9 Å². The van der Waals surface area contributed by atoms with Gasteiger partial charge in [-0.05, 0) is 35.4 Å². The highest BCUT2D eigenvalue weighted by molar-refractivity contribution is 6.32. The standard InChI is InChI=1S/C15H14ClF2NO2/c16-13-7-11(3-6-14(13)20)9-19-8-10-1-4-12(5-2-10)21-15(17)18/h1-7,15,19-20H,8-9H2. The fourth-order valence-electron chi connectivity index (χ4n) is 1.80. The van der Waals surface area contributed by atoms with Crippen molar-refractivity contribution in [1.82, 2.24) is 5.32 Å². The molecule has 0 aliphatic rings. The fourth-order valence-corrected chi connectivity index (χ4v) is 2.00. The van der Waals surface area contributed by atoms with Gasteiger partial charge in [0.15, 0.2) is 0 Å². The van der Waals surface area contributed by atoms with E-state index in [0.29, 0.717) is 18.1 Å². The summed E-state index contributed by atoms with van der Waals surface area (Å²) >= 11 is 5.82. The van der Waals surface area contributed by atoms with Gasteiger partial charge in [-0.15, -0.1) is 0 Å². The lowest BCUT2D eigenvalue weighted by molar-refractivity contribution is -0.0498. The third-order valence-corrected chi connectivity index (χ3v) is 3.12. The summed E-state index contributed by atoms with van der Waals surface area (Å²) in [5, 5.41) is 12.8. The summed E-state index contributed by atoms with van der Waals surface area (Å²) in [7, 11) is 0. The summed E-state index contributed by atoms with van der Waals surface area (Å²) in [5.41, 5.74) is 1.89. The molecule has 2 N–H and O–H groups in total. The first-order valence-electron chi connectivity index (χ1n) is 6.26. The van der Waals surface area contributed by atoms with Crippen LogP contribution in [0, 0.1) is 0 Å². The monoisotopic (exact) mass is 313 g/mol. The van der Waals surface area contributed by atoms with E-state index < -0.39 is 6.61 Å². The van der Waals surface area contributed by atoms with Crippen LogP contribution in [0.5, 0.6) is 11.5 Å². The average Bonchev–Trinajstić information content (AvgIpc) is 2.44. The molecule has 2 rings (SSSR count). The van der Waals surface area contributed by atoms with Crippen LogP contribution in [-0.2, 0) is 13.1 Å². The van der Waals surface area contributed by atoms with Crippen LogP contribution in [0.15, 0.2) is 42.5 Å². The van der Waals surface area contributed by atoms with Crippen LogP contribution >= 0.6 is 11.6 Å². The Labute approximate surface area is 126 Å². The molecule has 0 fully saturated rings. The van der Waals surface area contributed by atoms with Gasteiger partial charge in [-0.3, -0.25) is 0 Å². The van der Waals surface area contributed by atoms with Gasteiger partial charge in [-0.2, -0.15) is 8.78 Å². The van der Waals surface area contributed by atoms with Gasteiger partial charge in [0.25, 0.3) is 0 Å². The van der Waals surface area contributed by atoms with Crippen molar-refractivity contribution in [2.24, 2.45) is 0 Å². The second-order valence-corrected chi connectivity index (χ2v) is 4.82. The zero-order chi connectivity index (χ0) is 15.2. The van der Waals surface area contributed by atoms with Gasteiger partial charge in [0, 0.05) is 13.1 Å². The topological polar surface area (TPSA) is 41.5 Å². The molecule has 112 valence electrons. The third kappa shape index (κ3) is 4.88. The molecule has 0 atom stereocenters. The molecule has 0 saturated heterocycles. The highest BCUT2D eigenvalue weighted by Gasteiger charge is 2.04. The molecule has 0 unspecified atom stereocenters. The Morgan fingerprint density at radius 1 is 1.05 bits per heavy atom. The van der Waals surface area contributed by atoms with E-state index in [0.717, 1.165) is 11.1 Å². The number of halogens is 3. The molecule has 0 aliphatic heterocycles. The van der Waals surface area contributed by atoms with E-state index in [2.05, 4.69) is 10.1 Å². The lowest BCUT2D eigenvalue weighted by Gasteiger charge is -2.08. The molecule has 0 radical (unpaired) electrons. The maximum Gasteiger partial charge on any atom is 0.387 e. The number of aromatic hydroxyl groups is 1. The fraction of sp³-hybridized carbons (Fsp3) is 0.200. The molecule has 2 aromatic carbocycles. The second-order valence-electron chi connectivity index (χ2n) is 4.41. The van der Waals surface area contributed by atoms with Crippen LogP contribution in [0.1, 0.15) is 11.1 Å². The van der Waals surface area contributed by atoms with Crippen molar-refractivity contribution in [1.29, 1.82) is 0 Å². The molecule has 6 heteroatoms. The summed E-state index contributed by atoms with van der Waals surface area (Å²) < 4.78 is 28.3. The van der Waals surface area contributed by atoms with Crippen LogP contribution in [0.2, 0.25) is 5.02 Å². The average molecular weight is 314 g/mol. The van der Waals surface area contributed by atoms with Gasteiger partial charge < -0.3 is 15.2 Å². The SMILES string of the molecule is Oc1ccc(CNCc2ccc(OC(F)F)cc2)cc1Cl. The van der Waals surface area contributed by atoms with Crippen LogP contribution in [0.4, 0.5) is 8.78 Å². The number of benzene rings is 2. The minimum Gasteiger partial charge on any atom is -0.506 e. The molecule has 0 aliphatic carbocycles. The molecule has 0 amide bonds. The highest BCUT2D eigenvalue weighted by atomic mass is 35.5. The zero-order valence-corrected chi connectivity index (χ0v) is 11.8. The summed E-state index contributed by atoms with van der Waals surface area (Å²) in [6.45, 7) is -1.66. The number of rotatable bonds is 6. The zero-order valence-electron chi connectivity index (χ0n) is 11.0. The second kappa shape index (κ2) is 7.24. The quantitative estimate of drug-likeness (QED) is 0.849. The molecule has 3 nitrogen and oxygen atoms in total. The van der Waals surface area contributed by atoms with Crippen LogP contribution in [0.3, 0.4) is 0 Å². The highest BCUT2D eigenvalue weighted by Crippen LogP contribution is 2.23. The largest absolute Gasteiger partial charge is 0.506 e. The molecule has 0 bridgehead atoms. The molecule has 0 spiro atoms. The summed E-state index contributed by atoms with van der Waals surface area (Å²) in [6.07, 6.45) is 0. The molecule has 0 saturated carbocycles. The number of alkyl halides is 2. The van der Waals surface area contributed by atoms with Crippen molar-refractivity contribution in [2.75, 3.05) is 0 Å². The Bertz CT molecular complexity index is 591. The first-order valence-corrected chi connectivity index (χ1v) is 6.64. The number of ether oxygens (including phenoxy) is 1. The minimum absolute atomic E-state index is 0.0510. The van der Waals surface area contributed by atoms with Crippen molar-refractivity contribution >= 4 is 11.6 Å². The smallest absolute Gasteiger partial charge is 0.387 e. The molecule has 0 heterocycles. The molecule has 21 heavy (non-hydrogen) atoms. The van der Waals surface area contributed by atoms with Crippen molar-refractivity contribution in [3.8, 4) is 11.5 Å². The lowest BCUT2D eigenvalue weighted by atomic mass is 10.2. The number of hydrogen-bond acceptors (Lipinski definition) is 3. The minimum atomic E-state index is -2.81. The number of phenols is 1. The predicted octanol–water partition coefficient (Wildman–Crippen LogP) is 3.94. The Hall–Kier alpha value is -1.85. The lowest BCUT2D eigenvalue weighted by Crippen LogP contribution is -2.12. The van der Waals surface area contributed by atoms with Gasteiger partial charge in [0.1, 0.15) is 11.5 Å². The number of phenolic OH excluding ortho intramolecular Hbond substituents is 1. The maximum atomic E-state index is 12.0. The van der Waals surface area contributed by atoms with Gasteiger partial charge in [0.2, 0.25) is 0 Å². The Morgan fingerprint density at radius 3 is 2.29 bits per heavy atom. The summed E-state index contributed by atoms with van der Waals surface area (Å²) in [6, 6.07) is 11.4. The molecular formula is C15H14ClF2NO2. The van der Waals surface area contributed by atoms with Gasteiger partial charge in [-0.1, -0.05) is 29.8 Å². The van der Waals surface area contributed by atoms with Crippen molar-refractivity contribution in [2.45, 2.75) is 19.7 Å². The van der Waals surface area contributed by atoms with Crippen LogP contribution in [0.25, 0.3) is 0 Å². The number of nitrogens with one attached hydrogen (secondary N) is 1. The van der Waals surface area contributed by atoms with Gasteiger partial charge >= 0.3 is 6.61 Å². The van der Waals surface area contributed by atoms with Gasteiger partial charge in [0.05, 0.1) is 5.02 Å². The Balaban J connectivity index is 1.84. The predicted molar refractivity (Wildman–Crippen MR) is 76.7 cm³/mol. The van der Waals surface area contributed by atoms with E-state index >= 15 is 0 Å². The maximum absolute atomic E-state index is 12.0. The first-order chi connectivity index (χ1) is 10.0. The first kappa shape index (κ1) is 15.5. The third-order valence-electron chi connectivity index (χ3n) is 2.82. The van der Waals surface area contributed by atoms with E-state index in [1.165, 1.54) is 18.2 Å². The normalized spacial score (nSPS) is 10.9. The van der Waals surface area contributed by atoms with Crippen molar-refractivity contribution in [3.63, 3.8) is 0 Å². The Morgan fingerprint density at radius 2 is 1.67 bits per heavy atom. The van der Waals surface area contributed by atoms with Crippen LogP contribution in [-0.4, -0.2) is 11.7 Å². The van der Waals surface area contributed by atoms with E-state index in [-0.39, 0.29) is 11.5 Å². The van der Waals surface area contributed by atoms with Crippen molar-refractivity contribution in [3.05, 3.63) is 58.6 Å².